The maximum Gasteiger partial charge on any atom is 0.407 e. The SMILES string of the molecule is CC(C)(C)OC(=O)NCC1CC1.CC[C@H]1O[C@H](OC2[C@@H](C)C[C@@H](CCC(O)CNC(=O)OC(C)(C)C)[C@H](O[C@H]3O[C@H](CO)[C@@H](O)[C@H](N)[C@H]3O)[C@H]2O)[C@H](C)C[C@@H]1O.CC[C@H]1O[C@H](OC2[C@@H](C)C[C@@H](N)[C@H](O[C@H]3O[C@H](CO)[C@@H](O)[C@H](N)[C@H]3O)[C@H]2O)[C@H](C)C[C@@H]1O. The normalized spacial score (nSPS) is 42.8. The summed E-state index contributed by atoms with van der Waals surface area (Å²) in [7, 11) is 0. The third-order valence-electron chi connectivity index (χ3n) is 17.5. The number of hydrogen-bond donors (Lipinski definition) is 16. The van der Waals surface area contributed by atoms with Crippen molar-refractivity contribution >= 4 is 12.2 Å². The molecule has 0 aromatic rings. The molecule has 3 saturated carbocycles. The number of amides is 2. The van der Waals surface area contributed by atoms with Crippen molar-refractivity contribution < 1.29 is 113 Å². The highest BCUT2D eigenvalue weighted by Crippen LogP contribution is 2.41. The summed E-state index contributed by atoms with van der Waals surface area (Å²) in [6, 6.07) is -2.82. The molecule has 3 unspecified atom stereocenters. The largest absolute Gasteiger partial charge is 0.444 e. The highest BCUT2D eigenvalue weighted by atomic mass is 16.7. The van der Waals surface area contributed by atoms with Gasteiger partial charge in [0.25, 0.3) is 0 Å². The lowest BCUT2D eigenvalue weighted by Gasteiger charge is -2.49. The Kier molecular flexibility index (Phi) is 29.7. The summed E-state index contributed by atoms with van der Waals surface area (Å²) >= 11 is 0. The summed E-state index contributed by atoms with van der Waals surface area (Å²) in [5.74, 6) is -0.106. The van der Waals surface area contributed by atoms with Crippen LogP contribution in [-0.4, -0.2) is 253 Å². The topological polar surface area (TPSA) is 451 Å². The Hall–Kier alpha value is -2.34. The predicted molar refractivity (Wildman–Crippen MR) is 316 cm³/mol. The first-order valence-corrected chi connectivity index (χ1v) is 31.9. The van der Waals surface area contributed by atoms with Crippen LogP contribution in [0, 0.1) is 35.5 Å². The quantitative estimate of drug-likeness (QED) is 0.0769. The highest BCUT2D eigenvalue weighted by Gasteiger charge is 2.53. The molecule has 2 amide bonds. The Morgan fingerprint density at radius 1 is 0.523 bits per heavy atom. The van der Waals surface area contributed by atoms with Crippen molar-refractivity contribution in [1.29, 1.82) is 0 Å². The third-order valence-corrected chi connectivity index (χ3v) is 17.5. The summed E-state index contributed by atoms with van der Waals surface area (Å²) in [5, 5.41) is 120. The monoisotopic (exact) mass is 1270 g/mol. The molecule has 0 spiro atoms. The van der Waals surface area contributed by atoms with E-state index in [1.807, 2.05) is 62.3 Å². The van der Waals surface area contributed by atoms with Crippen molar-refractivity contribution in [3.63, 3.8) is 0 Å². The van der Waals surface area contributed by atoms with Crippen LogP contribution in [0.15, 0.2) is 0 Å². The first-order valence-electron chi connectivity index (χ1n) is 31.9. The molecule has 516 valence electrons. The van der Waals surface area contributed by atoms with Crippen LogP contribution in [0.5, 0.6) is 0 Å². The number of rotatable bonds is 19. The van der Waals surface area contributed by atoms with Crippen LogP contribution in [0.1, 0.15) is 147 Å². The first kappa shape index (κ1) is 76.4. The number of alkyl carbamates (subject to hydrolysis) is 2. The molecule has 4 aliphatic heterocycles. The number of carbonyl (C=O) groups excluding carboxylic acids is 2. The molecule has 28 heteroatoms. The van der Waals surface area contributed by atoms with Crippen molar-refractivity contribution in [2.45, 2.75) is 306 Å². The Bertz CT molecular complexity index is 2060. The van der Waals surface area contributed by atoms with E-state index in [1.165, 1.54) is 12.8 Å². The summed E-state index contributed by atoms with van der Waals surface area (Å²) in [6.45, 7) is 22.0. The van der Waals surface area contributed by atoms with Gasteiger partial charge in [0.1, 0.15) is 66.1 Å². The molecule has 29 atom stereocenters. The summed E-state index contributed by atoms with van der Waals surface area (Å²) < 4.78 is 58.1. The van der Waals surface area contributed by atoms with Gasteiger partial charge in [0.2, 0.25) is 0 Å². The second kappa shape index (κ2) is 34.2. The van der Waals surface area contributed by atoms with Gasteiger partial charge in [0.05, 0.1) is 74.1 Å². The van der Waals surface area contributed by atoms with E-state index >= 15 is 0 Å². The summed E-state index contributed by atoms with van der Waals surface area (Å²) in [4.78, 5) is 23.1. The minimum Gasteiger partial charge on any atom is -0.444 e. The van der Waals surface area contributed by atoms with E-state index in [4.69, 9.17) is 64.6 Å². The Morgan fingerprint density at radius 2 is 0.920 bits per heavy atom. The minimum absolute atomic E-state index is 0.0340. The Morgan fingerprint density at radius 3 is 1.34 bits per heavy atom. The van der Waals surface area contributed by atoms with Gasteiger partial charge in [-0.1, -0.05) is 41.5 Å². The van der Waals surface area contributed by atoms with E-state index in [1.54, 1.807) is 20.8 Å². The van der Waals surface area contributed by atoms with Gasteiger partial charge in [-0.25, -0.2) is 9.59 Å². The fourth-order valence-electron chi connectivity index (χ4n) is 12.2. The summed E-state index contributed by atoms with van der Waals surface area (Å²) in [6.07, 6.45) is -14.4. The van der Waals surface area contributed by atoms with Crippen LogP contribution in [0.2, 0.25) is 0 Å². The van der Waals surface area contributed by atoms with Crippen LogP contribution >= 0.6 is 0 Å². The molecular weight excluding hydrogens is 1160 g/mol. The first-order chi connectivity index (χ1) is 41.1. The van der Waals surface area contributed by atoms with Crippen molar-refractivity contribution in [2.75, 3.05) is 26.3 Å². The van der Waals surface area contributed by atoms with Crippen molar-refractivity contribution in [2.24, 2.45) is 52.7 Å². The van der Waals surface area contributed by atoms with Gasteiger partial charge >= 0.3 is 12.2 Å². The lowest BCUT2D eigenvalue weighted by atomic mass is 9.74. The number of aliphatic hydroxyl groups excluding tert-OH is 11. The zero-order valence-electron chi connectivity index (χ0n) is 53.8. The fraction of sp³-hybridized carbons (Fsp3) is 0.967. The maximum atomic E-state index is 12.0. The molecule has 7 fully saturated rings. The average molecular weight is 1270 g/mol. The van der Waals surface area contributed by atoms with Crippen LogP contribution in [0.4, 0.5) is 9.59 Å². The van der Waals surface area contributed by atoms with Gasteiger partial charge in [0.15, 0.2) is 25.2 Å². The van der Waals surface area contributed by atoms with E-state index in [2.05, 4.69) is 10.6 Å². The van der Waals surface area contributed by atoms with E-state index in [0.29, 0.717) is 50.9 Å². The van der Waals surface area contributed by atoms with Crippen LogP contribution in [0.3, 0.4) is 0 Å². The predicted octanol–water partition coefficient (Wildman–Crippen LogP) is -0.578. The van der Waals surface area contributed by atoms with E-state index in [9.17, 15) is 65.8 Å². The van der Waals surface area contributed by atoms with Crippen LogP contribution < -0.4 is 27.8 Å². The summed E-state index contributed by atoms with van der Waals surface area (Å²) in [5.41, 5.74) is 17.1. The second-order valence-electron chi connectivity index (χ2n) is 27.7. The molecule has 88 heavy (non-hydrogen) atoms. The Balaban J connectivity index is 0.000000278. The minimum atomic E-state index is -1.45. The molecule has 7 aliphatic rings. The zero-order chi connectivity index (χ0) is 65.9. The molecule has 0 aromatic heterocycles. The van der Waals surface area contributed by atoms with Gasteiger partial charge in [-0.3, -0.25) is 0 Å². The number of aliphatic hydroxyl groups is 11. The molecule has 0 radical (unpaired) electrons. The molecule has 7 rings (SSSR count). The van der Waals surface area contributed by atoms with Gasteiger partial charge in [-0.05, 0) is 129 Å². The van der Waals surface area contributed by atoms with E-state index < -0.39 is 166 Å². The fourth-order valence-corrected chi connectivity index (χ4v) is 12.2. The van der Waals surface area contributed by atoms with Gasteiger partial charge < -0.3 is 131 Å². The highest BCUT2D eigenvalue weighted by molar-refractivity contribution is 5.68. The zero-order valence-corrected chi connectivity index (χ0v) is 53.8. The molecule has 28 nitrogen and oxygen atoms in total. The van der Waals surface area contributed by atoms with Gasteiger partial charge in [-0.15, -0.1) is 0 Å². The lowest BCUT2D eigenvalue weighted by Crippen LogP contribution is -2.66. The van der Waals surface area contributed by atoms with Gasteiger partial charge in [-0.2, -0.15) is 0 Å². The van der Waals surface area contributed by atoms with E-state index in [-0.39, 0.29) is 60.4 Å². The van der Waals surface area contributed by atoms with Crippen molar-refractivity contribution in [1.82, 2.24) is 10.6 Å². The second-order valence-corrected chi connectivity index (χ2v) is 27.7. The molecular formula is C60H113N5O23. The number of nitrogens with two attached hydrogens (primary N) is 3. The number of carbonyl (C=O) groups is 2. The standard InChI is InChI=1S/C30H56N2O12.C21H40N2O9.C9H17NO2/c1-7-19-18(35)11-15(3)27(40-19)42-25-14(2)10-16(8-9-17(34)12-32-29(39)44-30(4,5)6)26(24(25)38)43-28-23(37)21(31)22(36)20(13-33)41-28;1-4-12-11(25)6-9(3)20(29-12)31-18-8(2)5-10(22)19(17(18)28)32-21-16(27)14(23)15(26)13(7-24)30-21;1-9(2,3)12-8(11)10-6-7-4-5-7/h14-28,33-38H,7-13,31H2,1-6H3,(H,32,39);8-21,24-28H,4-7,22-23H2,1-3H3;7H,4-6H2,1-3H3,(H,10,11)/t14-,15+,16+,17?,18-,19+,20+,21-,22+,23+,24-,25?,26-,27+,28+;8-,9+,10+,11-,12+,13+,14-,15+,16+,17-,18?,19-,20+,21+;/m00./s1. The van der Waals surface area contributed by atoms with Crippen LogP contribution in [-0.2, 0) is 47.4 Å². The number of ether oxygens (including phenoxy) is 10. The number of nitrogens with one attached hydrogen (secondary N) is 2. The lowest BCUT2D eigenvalue weighted by molar-refractivity contribution is -0.326. The third kappa shape index (κ3) is 21.9. The smallest absolute Gasteiger partial charge is 0.407 e. The average Bonchev–Trinajstić information content (AvgIpc) is 3.82. The molecule has 19 N–H and O–H groups in total. The molecule has 0 bridgehead atoms. The van der Waals surface area contributed by atoms with Crippen LogP contribution in [0.25, 0.3) is 0 Å². The molecule has 3 aliphatic carbocycles. The number of hydrogen-bond acceptors (Lipinski definition) is 26. The molecule has 0 aromatic carbocycles. The van der Waals surface area contributed by atoms with Crippen molar-refractivity contribution in [3.05, 3.63) is 0 Å². The van der Waals surface area contributed by atoms with E-state index in [0.717, 1.165) is 6.54 Å². The van der Waals surface area contributed by atoms with Crippen molar-refractivity contribution in [3.8, 4) is 0 Å². The maximum absolute atomic E-state index is 12.0. The Labute approximate surface area is 519 Å². The molecule has 4 saturated heterocycles. The van der Waals surface area contributed by atoms with Gasteiger partial charge in [0, 0.05) is 31.0 Å². The molecule has 4 heterocycles.